The highest BCUT2D eigenvalue weighted by atomic mass is 79.9. The van der Waals surface area contributed by atoms with Gasteiger partial charge in [-0.25, -0.2) is 18.6 Å². The Labute approximate surface area is 159 Å². The third kappa shape index (κ3) is 3.00. The molecule has 2 aliphatic heterocycles. The Balaban J connectivity index is 2.24. The highest BCUT2D eigenvalue weighted by Crippen LogP contribution is 2.63. The van der Waals surface area contributed by atoms with Crippen LogP contribution >= 0.6 is 26.4 Å². The van der Waals surface area contributed by atoms with E-state index < -0.39 is 39.4 Å². The van der Waals surface area contributed by atoms with Crippen LogP contribution in [0.15, 0.2) is 21.7 Å². The number of aliphatic imine (C=N–C) groups is 1. The van der Waals surface area contributed by atoms with Crippen LogP contribution in [0.4, 0.5) is 13.6 Å². The van der Waals surface area contributed by atoms with Gasteiger partial charge in [0.1, 0.15) is 34.2 Å². The number of alkyl halides is 1. The summed E-state index contributed by atoms with van der Waals surface area (Å²) in [6.45, 7) is 1.06. The van der Waals surface area contributed by atoms with Gasteiger partial charge in [-0.05, 0) is 47.8 Å². The van der Waals surface area contributed by atoms with Gasteiger partial charge in [-0.1, -0.05) is 10.5 Å². The van der Waals surface area contributed by atoms with Crippen LogP contribution in [0.3, 0.4) is 0 Å². The van der Waals surface area contributed by atoms with Crippen molar-refractivity contribution in [1.29, 1.82) is 0 Å². The maximum absolute atomic E-state index is 14.5. The number of pyridine rings is 1. The molecule has 2 aliphatic rings. The molecular weight excluding hydrogens is 434 g/mol. The van der Waals surface area contributed by atoms with Crippen LogP contribution in [0.1, 0.15) is 25.5 Å². The van der Waals surface area contributed by atoms with Gasteiger partial charge in [0.25, 0.3) is 0 Å². The average molecular weight is 453 g/mol. The lowest BCUT2D eigenvalue weighted by Gasteiger charge is -2.58. The topological polar surface area (TPSA) is 107 Å². The molecule has 3 atom stereocenters. The lowest BCUT2D eigenvalue weighted by atomic mass is 9.95. The fraction of sp³-hybridized carbons (Fsp3) is 0.533. The number of fused-ring (bicyclic) bond motifs is 1. The second kappa shape index (κ2) is 6.70. The highest BCUT2D eigenvalue weighted by Gasteiger charge is 2.58. The molecule has 0 radical (unpaired) electrons. The zero-order chi connectivity index (χ0) is 19.2. The number of nitrogens with one attached hydrogen (secondary N) is 2. The molecule has 26 heavy (non-hydrogen) atoms. The van der Waals surface area contributed by atoms with Crippen LogP contribution in [0, 0.1) is 5.82 Å². The lowest BCUT2D eigenvalue weighted by Crippen LogP contribution is -2.62. The summed E-state index contributed by atoms with van der Waals surface area (Å²) in [6.07, 6.45) is -0.213. The van der Waals surface area contributed by atoms with Crippen molar-refractivity contribution < 1.29 is 23.2 Å². The summed E-state index contributed by atoms with van der Waals surface area (Å²) in [6, 6.07) is 2.50. The molecule has 0 aromatic carbocycles. The van der Waals surface area contributed by atoms with E-state index in [1.807, 2.05) is 0 Å². The van der Waals surface area contributed by atoms with E-state index in [4.69, 9.17) is 0 Å². The molecule has 1 saturated heterocycles. The van der Waals surface area contributed by atoms with Gasteiger partial charge < -0.3 is 9.66 Å². The van der Waals surface area contributed by atoms with E-state index in [1.54, 1.807) is 6.92 Å². The predicted molar refractivity (Wildman–Crippen MR) is 98.9 cm³/mol. The van der Waals surface area contributed by atoms with Crippen molar-refractivity contribution in [3.05, 3.63) is 28.2 Å². The van der Waals surface area contributed by atoms with Crippen LogP contribution in [0.5, 0.6) is 0 Å². The maximum atomic E-state index is 14.5. The molecule has 3 heterocycles. The van der Waals surface area contributed by atoms with Crippen LogP contribution in [0.25, 0.3) is 0 Å². The third-order valence-electron chi connectivity index (χ3n) is 4.89. The Kier molecular flexibility index (Phi) is 5.01. The van der Waals surface area contributed by atoms with E-state index in [0.29, 0.717) is 19.4 Å². The monoisotopic (exact) mass is 452 g/mol. The molecule has 0 saturated carbocycles. The quantitative estimate of drug-likeness (QED) is 0.515. The minimum Gasteiger partial charge on any atom is -0.465 e. The van der Waals surface area contributed by atoms with Crippen molar-refractivity contribution in [1.82, 2.24) is 15.0 Å². The summed E-state index contributed by atoms with van der Waals surface area (Å²) < 4.78 is 42.4. The standard InChI is InChI=1S/C15H19BrF2N4O3S/c1-14-5-2-6-19-26(14,25)8-15(7-17,22-12(14)21-13(23)24)11-9(18)3-4-10(16)20-11/h3-4,19,25H,2,5-8H2,1H3,(H,21,22)(H,23,24)/t14-,15+/m1/s1. The second-order valence-electron chi connectivity index (χ2n) is 6.60. The molecule has 0 aliphatic carbocycles. The molecular formula is C15H19BrF2N4O3S. The van der Waals surface area contributed by atoms with E-state index in [9.17, 15) is 23.2 Å². The molecule has 4 N–H and O–H groups in total. The van der Waals surface area contributed by atoms with Gasteiger partial charge >= 0.3 is 6.09 Å². The fourth-order valence-corrected chi connectivity index (χ4v) is 6.85. The van der Waals surface area contributed by atoms with Crippen molar-refractivity contribution in [2.75, 3.05) is 19.0 Å². The molecule has 144 valence electrons. The van der Waals surface area contributed by atoms with Crippen molar-refractivity contribution in [3.63, 3.8) is 0 Å². The van der Waals surface area contributed by atoms with Gasteiger partial charge in [0, 0.05) is 12.3 Å². The minimum absolute atomic E-state index is 0.0697. The number of halogens is 3. The van der Waals surface area contributed by atoms with Crippen molar-refractivity contribution in [2.24, 2.45) is 4.99 Å². The molecule has 3 rings (SSSR count). The van der Waals surface area contributed by atoms with Gasteiger partial charge in [-0.2, -0.15) is 0 Å². The number of nitrogens with zero attached hydrogens (tertiary/aromatic N) is 2. The Morgan fingerprint density at radius 3 is 2.92 bits per heavy atom. The first-order valence-electron chi connectivity index (χ1n) is 7.92. The first-order chi connectivity index (χ1) is 12.2. The Morgan fingerprint density at radius 2 is 2.27 bits per heavy atom. The average Bonchev–Trinajstić information content (AvgIpc) is 2.57. The molecule has 1 fully saturated rings. The molecule has 0 bridgehead atoms. The smallest absolute Gasteiger partial charge is 0.410 e. The van der Waals surface area contributed by atoms with E-state index in [0.717, 1.165) is 6.07 Å². The van der Waals surface area contributed by atoms with Gasteiger partial charge in [0.15, 0.2) is 0 Å². The Morgan fingerprint density at radius 1 is 1.54 bits per heavy atom. The summed E-state index contributed by atoms with van der Waals surface area (Å²) in [5.74, 6) is -1.04. The number of aromatic nitrogens is 1. The summed E-state index contributed by atoms with van der Waals surface area (Å²) in [5, 5.41) is 11.4. The molecule has 1 amide bonds. The number of carbonyl (C=O) groups is 1. The third-order valence-corrected chi connectivity index (χ3v) is 8.80. The van der Waals surface area contributed by atoms with Crippen LogP contribution in [-0.4, -0.2) is 50.3 Å². The van der Waals surface area contributed by atoms with Gasteiger partial charge in [-0.15, -0.1) is 0 Å². The fourth-order valence-electron chi connectivity index (χ4n) is 3.45. The summed E-state index contributed by atoms with van der Waals surface area (Å²) in [5.41, 5.74) is -2.09. The van der Waals surface area contributed by atoms with Crippen LogP contribution in [-0.2, 0) is 5.54 Å². The molecule has 1 aromatic heterocycles. The zero-order valence-electron chi connectivity index (χ0n) is 13.9. The lowest BCUT2D eigenvalue weighted by molar-refractivity contribution is 0.199. The minimum atomic E-state index is -2.74. The number of amides is 1. The van der Waals surface area contributed by atoms with Crippen LogP contribution in [0.2, 0.25) is 0 Å². The number of hydrogen-bond acceptors (Lipinski definition) is 5. The van der Waals surface area contributed by atoms with Gasteiger partial charge in [0.2, 0.25) is 0 Å². The van der Waals surface area contributed by atoms with Crippen molar-refractivity contribution >= 4 is 38.4 Å². The summed E-state index contributed by atoms with van der Waals surface area (Å²) in [7, 11) is -2.74. The van der Waals surface area contributed by atoms with Gasteiger partial charge in [0.05, 0.1) is 4.75 Å². The maximum Gasteiger partial charge on any atom is 0.410 e. The van der Waals surface area contributed by atoms with E-state index in [-0.39, 0.29) is 21.9 Å². The van der Waals surface area contributed by atoms with Crippen molar-refractivity contribution in [2.45, 2.75) is 30.1 Å². The zero-order valence-corrected chi connectivity index (χ0v) is 16.3. The number of hydrogen-bond donors (Lipinski definition) is 4. The summed E-state index contributed by atoms with van der Waals surface area (Å²) >= 11 is 3.13. The molecule has 0 unspecified atom stereocenters. The SMILES string of the molecule is C[C@]12CCCN[S@@]1(O)C[C@@](CF)(c1nc(Br)ccc1F)N=C2NC(=O)O. The molecule has 1 aromatic rings. The highest BCUT2D eigenvalue weighted by molar-refractivity contribution is 9.10. The number of carboxylic acid groups (broad SMARTS) is 1. The number of amidine groups is 1. The largest absolute Gasteiger partial charge is 0.465 e. The normalized spacial score (nSPS) is 34.0. The first-order valence-corrected chi connectivity index (χ1v) is 10.5. The molecule has 7 nitrogen and oxygen atoms in total. The Hall–Kier alpha value is -1.30. The summed E-state index contributed by atoms with van der Waals surface area (Å²) in [4.78, 5) is 19.6. The van der Waals surface area contributed by atoms with Gasteiger partial charge in [-0.3, -0.25) is 15.0 Å². The first kappa shape index (κ1) is 19.5. The van der Waals surface area contributed by atoms with E-state index in [1.165, 1.54) is 6.07 Å². The van der Waals surface area contributed by atoms with Crippen LogP contribution < -0.4 is 10.0 Å². The molecule has 11 heteroatoms. The van der Waals surface area contributed by atoms with Crippen molar-refractivity contribution in [3.8, 4) is 0 Å². The second-order valence-corrected chi connectivity index (χ2v) is 10.3. The predicted octanol–water partition coefficient (Wildman–Crippen LogP) is 3.16. The number of rotatable bonds is 2. The molecule has 0 spiro atoms. The van der Waals surface area contributed by atoms with E-state index in [2.05, 4.69) is 35.9 Å². The van der Waals surface area contributed by atoms with E-state index >= 15 is 0 Å². The Bertz CT molecular complexity index is 785.